The van der Waals surface area contributed by atoms with E-state index >= 15 is 0 Å². The Morgan fingerprint density at radius 1 is 1.38 bits per heavy atom. The third-order valence-electron chi connectivity index (χ3n) is 2.21. The van der Waals surface area contributed by atoms with E-state index in [-0.39, 0.29) is 0 Å². The number of hydrogen-bond acceptors (Lipinski definition) is 1. The van der Waals surface area contributed by atoms with E-state index < -0.39 is 0 Å². The molecule has 0 aliphatic carbocycles. The molecule has 69 valence electrons. The molecule has 0 atom stereocenters. The fourth-order valence-electron chi connectivity index (χ4n) is 1.29. The maximum absolute atomic E-state index is 5.18. The van der Waals surface area contributed by atoms with Crippen LogP contribution in [-0.4, -0.2) is 14.4 Å². The average molecular weight is 175 g/mol. The Bertz CT molecular complexity index is 271. The van der Waals surface area contributed by atoms with Gasteiger partial charge in [0.05, 0.1) is 7.11 Å². The highest BCUT2D eigenvalue weighted by atomic mass is 16.5. The Morgan fingerprint density at radius 3 is 2.77 bits per heavy atom. The van der Waals surface area contributed by atoms with Gasteiger partial charge in [-0.3, -0.25) is 0 Å². The molecule has 0 saturated heterocycles. The van der Waals surface area contributed by atoms with Crippen molar-refractivity contribution in [3.8, 4) is 5.75 Å². The van der Waals surface area contributed by atoms with Crippen molar-refractivity contribution < 1.29 is 4.74 Å². The lowest BCUT2D eigenvalue weighted by molar-refractivity contribution is 0.414. The summed E-state index contributed by atoms with van der Waals surface area (Å²) in [5, 5.41) is 0. The second kappa shape index (κ2) is 4.95. The van der Waals surface area contributed by atoms with Crippen LogP contribution in [0.4, 0.5) is 0 Å². The van der Waals surface area contributed by atoms with Gasteiger partial charge in [-0.25, -0.2) is 0 Å². The molecule has 0 heterocycles. The van der Waals surface area contributed by atoms with Crippen molar-refractivity contribution in [3.05, 3.63) is 29.3 Å². The predicted octanol–water partition coefficient (Wildman–Crippen LogP) is 2.65. The molecule has 0 N–H and O–H groups in total. The van der Waals surface area contributed by atoms with E-state index in [1.165, 1.54) is 11.1 Å². The van der Waals surface area contributed by atoms with Gasteiger partial charge in [0, 0.05) is 0 Å². The van der Waals surface area contributed by atoms with Gasteiger partial charge in [0.25, 0.3) is 0 Å². The lowest BCUT2D eigenvalue weighted by Crippen LogP contribution is -1.97. The van der Waals surface area contributed by atoms with E-state index in [0.29, 0.717) is 0 Å². The van der Waals surface area contributed by atoms with Gasteiger partial charge in [0.1, 0.15) is 13.0 Å². The molecule has 1 rings (SSSR count). The van der Waals surface area contributed by atoms with Gasteiger partial charge in [-0.2, -0.15) is 0 Å². The zero-order valence-electron chi connectivity index (χ0n) is 8.63. The van der Waals surface area contributed by atoms with Gasteiger partial charge in [-0.1, -0.05) is 25.6 Å². The Kier molecular flexibility index (Phi) is 3.87. The van der Waals surface area contributed by atoms with Crippen molar-refractivity contribution in [2.45, 2.75) is 26.5 Å². The molecule has 0 aliphatic heterocycles. The summed E-state index contributed by atoms with van der Waals surface area (Å²) in [7, 11) is 3.99. The van der Waals surface area contributed by atoms with Crippen molar-refractivity contribution in [2.75, 3.05) is 7.11 Å². The molecule has 0 saturated carbocycles. The summed E-state index contributed by atoms with van der Waals surface area (Å²) in [6.07, 6.45) is 2.16. The molecular weight excluding hydrogens is 159 g/mol. The zero-order chi connectivity index (χ0) is 9.68. The monoisotopic (exact) mass is 175 g/mol. The molecule has 1 aromatic carbocycles. The van der Waals surface area contributed by atoms with E-state index in [1.54, 1.807) is 7.11 Å². The molecule has 0 aromatic heterocycles. The van der Waals surface area contributed by atoms with Crippen LogP contribution in [0.2, 0.25) is 6.32 Å². The van der Waals surface area contributed by atoms with Crippen molar-refractivity contribution in [1.82, 2.24) is 0 Å². The van der Waals surface area contributed by atoms with Gasteiger partial charge >= 0.3 is 0 Å². The molecule has 13 heavy (non-hydrogen) atoms. The Morgan fingerprint density at radius 2 is 2.15 bits per heavy atom. The molecule has 0 spiro atoms. The summed E-state index contributed by atoms with van der Waals surface area (Å²) in [5.41, 5.74) is 2.70. The average Bonchev–Trinajstić information content (AvgIpc) is 2.17. The molecule has 0 bridgehead atoms. The molecule has 0 amide bonds. The van der Waals surface area contributed by atoms with Crippen LogP contribution in [0.3, 0.4) is 0 Å². The summed E-state index contributed by atoms with van der Waals surface area (Å²) < 4.78 is 5.18. The largest absolute Gasteiger partial charge is 0.497 e. The number of hydrogen-bond donors (Lipinski definition) is 0. The van der Waals surface area contributed by atoms with E-state index in [0.717, 1.165) is 18.4 Å². The quantitative estimate of drug-likeness (QED) is 0.639. The first kappa shape index (κ1) is 10.2. The lowest BCUT2D eigenvalue weighted by Gasteiger charge is -2.06. The van der Waals surface area contributed by atoms with E-state index in [9.17, 15) is 0 Å². The van der Waals surface area contributed by atoms with Crippen LogP contribution in [0.25, 0.3) is 0 Å². The van der Waals surface area contributed by atoms with Gasteiger partial charge in [0.2, 0.25) is 0 Å². The van der Waals surface area contributed by atoms with Gasteiger partial charge in [0.15, 0.2) is 0 Å². The van der Waals surface area contributed by atoms with Crippen LogP contribution < -0.4 is 4.74 Å². The first-order chi connectivity index (χ1) is 6.27. The van der Waals surface area contributed by atoms with Gasteiger partial charge in [-0.05, 0) is 30.2 Å². The molecule has 2 heteroatoms. The van der Waals surface area contributed by atoms with Crippen molar-refractivity contribution in [1.29, 1.82) is 0 Å². The predicted molar refractivity (Wildman–Crippen MR) is 57.7 cm³/mol. The van der Waals surface area contributed by atoms with Crippen LogP contribution in [0.5, 0.6) is 5.75 Å². The molecule has 0 fully saturated rings. The number of aryl methyl sites for hydroxylation is 1. The summed E-state index contributed by atoms with van der Waals surface area (Å²) in [6, 6.07) is 6.23. The van der Waals surface area contributed by atoms with Crippen LogP contribution in [-0.2, 0) is 6.32 Å². The summed E-state index contributed by atoms with van der Waals surface area (Å²) in [4.78, 5) is 0. The normalized spacial score (nSPS) is 9.77. The summed E-state index contributed by atoms with van der Waals surface area (Å²) in [6.45, 7) is 4.30. The maximum atomic E-state index is 5.18. The lowest BCUT2D eigenvalue weighted by atomic mass is 9.69. The number of ether oxygens (including phenoxy) is 1. The molecule has 0 unspecified atom stereocenters. The van der Waals surface area contributed by atoms with Crippen LogP contribution >= 0.6 is 0 Å². The Hall–Kier alpha value is -0.915. The summed E-state index contributed by atoms with van der Waals surface area (Å²) in [5.74, 6) is 0.949. The first-order valence-electron chi connectivity index (χ1n) is 4.73. The van der Waals surface area contributed by atoms with Gasteiger partial charge in [-0.15, -0.1) is 0 Å². The standard InChI is InChI=1S/C11H16BO/c1-4-12-8-10-7-11(13-3)6-5-9(10)2/h5-7H,4,8H2,1-3H3. The third kappa shape index (κ3) is 2.80. The second-order valence-electron chi connectivity index (χ2n) is 3.19. The SMILES string of the molecule is CC[B]Cc1cc(OC)ccc1C. The fraction of sp³-hybridized carbons (Fsp3) is 0.455. The fourth-order valence-corrected chi connectivity index (χ4v) is 1.29. The highest BCUT2D eigenvalue weighted by Crippen LogP contribution is 2.17. The zero-order valence-corrected chi connectivity index (χ0v) is 8.63. The molecule has 1 radical (unpaired) electrons. The van der Waals surface area contributed by atoms with E-state index in [1.807, 2.05) is 6.07 Å². The topological polar surface area (TPSA) is 9.23 Å². The van der Waals surface area contributed by atoms with Crippen molar-refractivity contribution in [2.24, 2.45) is 0 Å². The highest BCUT2D eigenvalue weighted by molar-refractivity contribution is 6.34. The minimum absolute atomic E-state index is 0.949. The number of methoxy groups -OCH3 is 1. The second-order valence-corrected chi connectivity index (χ2v) is 3.19. The van der Waals surface area contributed by atoms with Crippen molar-refractivity contribution >= 4 is 7.28 Å². The molecular formula is C11H16BO. The Labute approximate surface area is 81.4 Å². The van der Waals surface area contributed by atoms with Gasteiger partial charge < -0.3 is 4.74 Å². The van der Waals surface area contributed by atoms with Crippen LogP contribution in [0, 0.1) is 6.92 Å². The Balaban J connectivity index is 2.78. The molecule has 0 aliphatic rings. The smallest absolute Gasteiger partial charge is 0.119 e. The third-order valence-corrected chi connectivity index (χ3v) is 2.21. The highest BCUT2D eigenvalue weighted by Gasteiger charge is 2.00. The summed E-state index contributed by atoms with van der Waals surface area (Å²) >= 11 is 0. The van der Waals surface area contributed by atoms with Crippen molar-refractivity contribution in [3.63, 3.8) is 0 Å². The maximum Gasteiger partial charge on any atom is 0.119 e. The van der Waals surface area contributed by atoms with E-state index in [2.05, 4.69) is 33.3 Å². The minimum Gasteiger partial charge on any atom is -0.497 e. The number of benzene rings is 1. The van der Waals surface area contributed by atoms with Crippen LogP contribution in [0.15, 0.2) is 18.2 Å². The first-order valence-corrected chi connectivity index (χ1v) is 4.73. The number of rotatable bonds is 4. The minimum atomic E-state index is 0.949. The van der Waals surface area contributed by atoms with Crippen LogP contribution in [0.1, 0.15) is 18.1 Å². The van der Waals surface area contributed by atoms with E-state index in [4.69, 9.17) is 4.74 Å². The molecule has 1 nitrogen and oxygen atoms in total. The molecule has 1 aromatic rings.